The molecule has 95 heavy (non-hydrogen) atoms. The molecule has 2 aromatic carbocycles. The number of aromatic nitrogens is 2. The van der Waals surface area contributed by atoms with Crippen molar-refractivity contribution in [2.45, 2.75) is 187 Å². The zero-order valence-electron chi connectivity index (χ0n) is 52.2. The molecule has 8 aliphatic rings. The second-order valence-corrected chi connectivity index (χ2v) is 31.8. The van der Waals surface area contributed by atoms with Gasteiger partial charge < -0.3 is 19.0 Å². The first-order valence-electron chi connectivity index (χ1n) is 31.7. The van der Waals surface area contributed by atoms with Gasteiger partial charge in [-0.2, -0.15) is 31.1 Å². The Bertz CT molecular complexity index is 3780. The van der Waals surface area contributed by atoms with Gasteiger partial charge in [-0.15, -0.1) is 37.7 Å². The van der Waals surface area contributed by atoms with Crippen LogP contribution in [-0.4, -0.2) is 63.1 Å². The Morgan fingerprint density at radius 1 is 0.632 bits per heavy atom. The Morgan fingerprint density at radius 3 is 1.59 bits per heavy atom. The number of carbonyl (C=O) groups is 4. The molecule has 0 spiro atoms. The average molecular weight is 1520 g/mol. The molecule has 13 rings (SSSR count). The number of Topliss-reactive ketones (excluding diaryl/α,β-unsaturated/α-hetero) is 2. The zero-order chi connectivity index (χ0) is 69.1. The van der Waals surface area contributed by atoms with Crippen molar-refractivity contribution >= 4 is 94.8 Å². The quantitative estimate of drug-likeness (QED) is 0.0628. The van der Waals surface area contributed by atoms with Gasteiger partial charge in [0.25, 0.3) is 5.69 Å². The fourth-order valence-electron chi connectivity index (χ4n) is 18.5. The highest BCUT2D eigenvalue weighted by Gasteiger charge is 2.62. The molecule has 0 bridgehead atoms. The monoisotopic (exact) mass is 1510 g/mol. The highest BCUT2D eigenvalue weighted by Crippen LogP contribution is 2.68. The molecule has 3 aromatic heterocycles. The second kappa shape index (κ2) is 25.8. The predicted octanol–water partition coefficient (Wildman–Crippen LogP) is 20.1. The lowest BCUT2D eigenvalue weighted by molar-refractivity contribution is -0.383. The molecule has 8 saturated carbocycles. The topological polar surface area (TPSA) is 166 Å². The summed E-state index contributed by atoms with van der Waals surface area (Å²) in [5, 5.41) is 12.8. The zero-order valence-corrected chi connectivity index (χ0v) is 57.0. The summed E-state index contributed by atoms with van der Waals surface area (Å²) in [6, 6.07) is 5.08. The van der Waals surface area contributed by atoms with Gasteiger partial charge in [-0.1, -0.05) is 39.0 Å². The van der Waals surface area contributed by atoms with E-state index in [1.165, 1.54) is 43.6 Å². The van der Waals surface area contributed by atoms with Crippen molar-refractivity contribution in [1.82, 2.24) is 9.71 Å². The Hall–Kier alpha value is -5.29. The van der Waals surface area contributed by atoms with E-state index in [0.717, 1.165) is 125 Å². The minimum Gasteiger partial charge on any atom is -0.458 e. The van der Waals surface area contributed by atoms with Crippen LogP contribution in [0.5, 0.6) is 5.06 Å². The molecule has 0 aliphatic heterocycles. The molecule has 0 amide bonds. The summed E-state index contributed by atoms with van der Waals surface area (Å²) in [4.78, 5) is 68.7. The lowest BCUT2D eigenvalue weighted by Crippen LogP contribution is -2.54. The number of imidazole rings is 1. The van der Waals surface area contributed by atoms with Crippen LogP contribution in [0.2, 0.25) is 0 Å². The second-order valence-electron chi connectivity index (χ2n) is 28.1. The van der Waals surface area contributed by atoms with E-state index in [4.69, 9.17) is 9.47 Å². The number of ether oxygens (including phenoxy) is 3. The third-order valence-electron chi connectivity index (χ3n) is 23.1. The molecule has 3 heterocycles. The third-order valence-corrected chi connectivity index (χ3v) is 26.6. The smallest absolute Gasteiger partial charge is 0.458 e. The number of halogens is 14. The Balaban J connectivity index is 0.000000145. The molecule has 8 fully saturated rings. The van der Waals surface area contributed by atoms with Gasteiger partial charge in [-0.05, 0) is 242 Å². The number of hydrogen-bond acceptors (Lipinski definition) is 13. The molecule has 0 radical (unpaired) electrons. The van der Waals surface area contributed by atoms with E-state index >= 15 is 0 Å². The average Bonchev–Trinajstić information content (AvgIpc) is 1.72. The Labute approximate surface area is 563 Å². The fourth-order valence-corrected chi connectivity index (χ4v) is 21.3. The lowest BCUT2D eigenvalue weighted by Gasteiger charge is -2.60. The number of alkyl halides is 12. The van der Waals surface area contributed by atoms with E-state index in [-0.39, 0.29) is 72.3 Å². The molecule has 0 unspecified atom stereocenters. The lowest BCUT2D eigenvalue weighted by atomic mass is 9.45. The number of hydrogen-bond donors (Lipinski definition) is 0. The molecule has 5 aromatic rings. The number of carbonyl (C=O) groups excluding carboxylic acids is 4. The normalized spacial score (nSPS) is 32.0. The number of nitro groups is 1. The van der Waals surface area contributed by atoms with Crippen LogP contribution in [0.15, 0.2) is 56.8 Å². The Kier molecular flexibility index (Phi) is 19.3. The number of nitro benzene ring substituents is 1. The van der Waals surface area contributed by atoms with Crippen LogP contribution >= 0.6 is 54.5 Å². The van der Waals surface area contributed by atoms with Crippen LogP contribution in [0.3, 0.4) is 0 Å². The molecule has 0 N–H and O–H groups in total. The predicted molar refractivity (Wildman–Crippen MR) is 332 cm³/mol. The molecule has 29 heteroatoms. The van der Waals surface area contributed by atoms with Crippen LogP contribution in [0.1, 0.15) is 179 Å². The fraction of sp³-hybridized carbons (Fsp3) is 0.621. The number of nitrogens with zero attached hydrogens (tertiary/aromatic N) is 3. The molecule has 8 aliphatic carbocycles. The first-order valence-corrected chi connectivity index (χ1v) is 35.0. The molecular weight excluding hydrogens is 1450 g/mol. The van der Waals surface area contributed by atoms with Gasteiger partial charge in [-0.25, -0.2) is 14.6 Å². The van der Waals surface area contributed by atoms with Gasteiger partial charge in [0, 0.05) is 45.2 Å². The standard InChI is InChI=1S/C25H30BrF3O4S.C24H31BrO3S.C17H8F9N3O3/c1-23-9-7-14(32-21(31)19-12-18(26)22(34-19)33-25(27,28)29)11-13(23)3-4-15-16-5-6-20(30)24(16,2)10-8-17(15)23;1-23-9-7-16(28-22(27)20-12-15(25)13-29-20)11-14(23)3-4-17-18-5-6-21(26)24(18,2)10-8-19(17)23;1-7-2-11-13(12(3-7)29(30)31)27-14(28(11)32-17(24,25)26)8-4-9(15(18,19)20)6-10(5-8)16(21,22)23/h12-17H,3-11H2,1-2H3;12-14,16-19H,3-11H2,1-2H3;2-6H,1H3/t13-,14-,15-,16-,17-,23-,24-;14-,16-,17-,18-,19-,23-,24-;/m00./s1. The van der Waals surface area contributed by atoms with E-state index < -0.39 is 80.3 Å². The van der Waals surface area contributed by atoms with Crippen molar-refractivity contribution in [1.29, 1.82) is 0 Å². The number of fused-ring (bicyclic) bond motifs is 11. The van der Waals surface area contributed by atoms with Crippen molar-refractivity contribution < 1.29 is 95.8 Å². The molecular formula is C66H69Br2F12N3O10S2. The van der Waals surface area contributed by atoms with Crippen molar-refractivity contribution in [2.75, 3.05) is 0 Å². The summed E-state index contributed by atoms with van der Waals surface area (Å²) in [5.41, 5.74) is -6.50. The largest absolute Gasteiger partial charge is 0.591 e. The van der Waals surface area contributed by atoms with Crippen LogP contribution < -0.4 is 9.57 Å². The third kappa shape index (κ3) is 14.1. The number of thiophene rings is 2. The van der Waals surface area contributed by atoms with E-state index in [2.05, 4.69) is 74.1 Å². The number of benzene rings is 2. The van der Waals surface area contributed by atoms with Gasteiger partial charge in [0.15, 0.2) is 16.4 Å². The minimum absolute atomic E-state index is 0.0356. The first kappa shape index (κ1) is 71.0. The Morgan fingerprint density at radius 2 is 1.14 bits per heavy atom. The minimum atomic E-state index is -5.46. The van der Waals surface area contributed by atoms with E-state index in [0.29, 0.717) is 68.7 Å². The number of rotatable bonds is 8. The van der Waals surface area contributed by atoms with Crippen molar-refractivity contribution in [3.8, 4) is 16.5 Å². The van der Waals surface area contributed by atoms with Crippen molar-refractivity contribution in [2.24, 2.45) is 69.0 Å². The maximum absolute atomic E-state index is 13.2. The molecule has 13 nitrogen and oxygen atoms in total. The van der Waals surface area contributed by atoms with E-state index in [1.54, 1.807) is 0 Å². The van der Waals surface area contributed by atoms with E-state index in [1.807, 2.05) is 11.4 Å². The SMILES string of the molecule is C[C@]12CC[C@H](OC(=O)c3cc(Br)c(OC(F)(F)F)s3)C[C@@H]1CC[C@@H]1[C@@H]2CC[C@]2(C)C(=O)CC[C@@H]12.C[C@]12CC[C@H](OC(=O)c3cc(Br)cs3)C[C@@H]1CC[C@@H]1[C@@H]2CC[C@]2(C)C(=O)CC[C@@H]12.Cc1cc([N+](=O)[O-])c2nc(-c3cc(C(F)(F)F)cc(C(F)(F)F)c3)n(OC(F)(F)F)c2c1. The van der Waals surface area contributed by atoms with Crippen LogP contribution in [-0.2, 0) is 31.4 Å². The molecule has 518 valence electrons. The van der Waals surface area contributed by atoms with Crippen molar-refractivity contribution in [3.05, 3.63) is 93.3 Å². The maximum atomic E-state index is 13.2. The summed E-state index contributed by atoms with van der Waals surface area (Å²) >= 11 is 8.53. The number of esters is 2. The van der Waals surface area contributed by atoms with Gasteiger partial charge in [-0.3, -0.25) is 19.7 Å². The summed E-state index contributed by atoms with van der Waals surface area (Å²) < 4.78 is 172. The number of ketones is 2. The van der Waals surface area contributed by atoms with Crippen LogP contribution in [0.4, 0.5) is 58.4 Å². The van der Waals surface area contributed by atoms with Gasteiger partial charge in [0.1, 0.15) is 39.0 Å². The van der Waals surface area contributed by atoms with Gasteiger partial charge in [0.2, 0.25) is 0 Å². The summed E-state index contributed by atoms with van der Waals surface area (Å²) in [6.07, 6.45) is -2.54. The molecule has 14 atom stereocenters. The van der Waals surface area contributed by atoms with Gasteiger partial charge >= 0.3 is 37.0 Å². The molecule has 0 saturated heterocycles. The van der Waals surface area contributed by atoms with Crippen molar-refractivity contribution in [3.63, 3.8) is 0 Å². The van der Waals surface area contributed by atoms with Crippen LogP contribution in [0, 0.1) is 86.0 Å². The highest BCUT2D eigenvalue weighted by molar-refractivity contribution is 9.11. The number of non-ortho nitro benzene ring substituents is 1. The van der Waals surface area contributed by atoms with E-state index in [9.17, 15) is 82.0 Å². The highest BCUT2D eigenvalue weighted by atomic mass is 79.9. The summed E-state index contributed by atoms with van der Waals surface area (Å²) in [7, 11) is 0. The summed E-state index contributed by atoms with van der Waals surface area (Å²) in [5.74, 6) is 4.00. The maximum Gasteiger partial charge on any atom is 0.591 e. The summed E-state index contributed by atoms with van der Waals surface area (Å²) in [6.45, 7) is 10.6. The first-order chi connectivity index (χ1) is 44.2. The van der Waals surface area contributed by atoms with Crippen LogP contribution in [0.25, 0.3) is 22.4 Å². The number of aryl methyl sites for hydroxylation is 1. The van der Waals surface area contributed by atoms with Gasteiger partial charge in [0.05, 0.1) is 20.5 Å².